The van der Waals surface area contributed by atoms with E-state index in [1.807, 2.05) is 6.92 Å². The van der Waals surface area contributed by atoms with Crippen molar-refractivity contribution in [3.63, 3.8) is 0 Å². The monoisotopic (exact) mass is 204 g/mol. The SMILES string of the molecule is CCOCCC1CC(C)CCC1Cl. The van der Waals surface area contributed by atoms with Crippen molar-refractivity contribution in [2.45, 2.75) is 44.9 Å². The Bertz CT molecular complexity index is 138. The van der Waals surface area contributed by atoms with Gasteiger partial charge < -0.3 is 4.74 Å². The lowest BCUT2D eigenvalue weighted by Crippen LogP contribution is -2.25. The van der Waals surface area contributed by atoms with Crippen LogP contribution in [0.2, 0.25) is 0 Å². The molecule has 13 heavy (non-hydrogen) atoms. The fourth-order valence-electron chi connectivity index (χ4n) is 2.14. The first-order valence-electron chi connectivity index (χ1n) is 5.45. The summed E-state index contributed by atoms with van der Waals surface area (Å²) in [5.41, 5.74) is 0. The summed E-state index contributed by atoms with van der Waals surface area (Å²) < 4.78 is 5.36. The van der Waals surface area contributed by atoms with Crippen molar-refractivity contribution in [3.05, 3.63) is 0 Å². The molecule has 1 saturated carbocycles. The third-order valence-electron chi connectivity index (χ3n) is 2.99. The highest BCUT2D eigenvalue weighted by Gasteiger charge is 2.26. The molecule has 0 spiro atoms. The first-order valence-corrected chi connectivity index (χ1v) is 5.89. The van der Waals surface area contributed by atoms with Crippen LogP contribution in [0.5, 0.6) is 0 Å². The lowest BCUT2D eigenvalue weighted by molar-refractivity contribution is 0.120. The fraction of sp³-hybridized carbons (Fsp3) is 1.00. The Labute approximate surface area is 86.8 Å². The minimum absolute atomic E-state index is 0.400. The highest BCUT2D eigenvalue weighted by molar-refractivity contribution is 6.20. The van der Waals surface area contributed by atoms with Gasteiger partial charge in [0.2, 0.25) is 0 Å². The van der Waals surface area contributed by atoms with Crippen LogP contribution in [-0.4, -0.2) is 18.6 Å². The zero-order valence-electron chi connectivity index (χ0n) is 8.76. The molecule has 0 aromatic rings. The van der Waals surface area contributed by atoms with Gasteiger partial charge in [0.05, 0.1) is 0 Å². The molecule has 0 aromatic heterocycles. The van der Waals surface area contributed by atoms with Crippen molar-refractivity contribution in [2.24, 2.45) is 11.8 Å². The van der Waals surface area contributed by atoms with E-state index in [4.69, 9.17) is 16.3 Å². The summed E-state index contributed by atoms with van der Waals surface area (Å²) in [6, 6.07) is 0. The Morgan fingerprint density at radius 3 is 2.85 bits per heavy atom. The van der Waals surface area contributed by atoms with E-state index in [-0.39, 0.29) is 0 Å². The van der Waals surface area contributed by atoms with E-state index in [2.05, 4.69) is 6.92 Å². The summed E-state index contributed by atoms with van der Waals surface area (Å²) in [6.07, 6.45) is 4.94. The normalized spacial score (nSPS) is 34.8. The molecular weight excluding hydrogens is 184 g/mol. The Hall–Kier alpha value is 0.250. The number of alkyl halides is 1. The van der Waals surface area contributed by atoms with Gasteiger partial charge >= 0.3 is 0 Å². The van der Waals surface area contributed by atoms with Crippen molar-refractivity contribution in [1.82, 2.24) is 0 Å². The second-order valence-corrected chi connectivity index (χ2v) is 4.74. The molecule has 0 N–H and O–H groups in total. The average Bonchev–Trinajstić information content (AvgIpc) is 2.11. The van der Waals surface area contributed by atoms with E-state index in [1.54, 1.807) is 0 Å². The van der Waals surface area contributed by atoms with Crippen LogP contribution >= 0.6 is 11.6 Å². The predicted molar refractivity (Wildman–Crippen MR) is 57.3 cm³/mol. The highest BCUT2D eigenvalue weighted by atomic mass is 35.5. The van der Waals surface area contributed by atoms with Crippen molar-refractivity contribution in [3.8, 4) is 0 Å². The molecule has 1 rings (SSSR count). The van der Waals surface area contributed by atoms with Gasteiger partial charge in [-0.15, -0.1) is 11.6 Å². The van der Waals surface area contributed by atoms with E-state index < -0.39 is 0 Å². The molecule has 78 valence electrons. The summed E-state index contributed by atoms with van der Waals surface area (Å²) in [6.45, 7) is 6.09. The van der Waals surface area contributed by atoms with Crippen molar-refractivity contribution >= 4 is 11.6 Å². The van der Waals surface area contributed by atoms with E-state index in [9.17, 15) is 0 Å². The number of hydrogen-bond donors (Lipinski definition) is 0. The van der Waals surface area contributed by atoms with Crippen molar-refractivity contribution in [2.75, 3.05) is 13.2 Å². The quantitative estimate of drug-likeness (QED) is 0.504. The molecule has 1 nitrogen and oxygen atoms in total. The summed E-state index contributed by atoms with van der Waals surface area (Å²) in [5.74, 6) is 1.55. The lowest BCUT2D eigenvalue weighted by atomic mass is 9.80. The topological polar surface area (TPSA) is 9.23 Å². The summed E-state index contributed by atoms with van der Waals surface area (Å²) >= 11 is 6.27. The average molecular weight is 205 g/mol. The van der Waals surface area contributed by atoms with Gasteiger partial charge in [-0.25, -0.2) is 0 Å². The maximum atomic E-state index is 6.27. The van der Waals surface area contributed by atoms with E-state index >= 15 is 0 Å². The Kier molecular flexibility index (Phi) is 5.12. The van der Waals surface area contributed by atoms with Gasteiger partial charge in [-0.3, -0.25) is 0 Å². The van der Waals surface area contributed by atoms with Gasteiger partial charge in [0, 0.05) is 18.6 Å². The molecule has 0 amide bonds. The van der Waals surface area contributed by atoms with Crippen LogP contribution in [0.25, 0.3) is 0 Å². The van der Waals surface area contributed by atoms with Crippen LogP contribution in [0.3, 0.4) is 0 Å². The third kappa shape index (κ3) is 3.86. The zero-order valence-corrected chi connectivity index (χ0v) is 9.52. The van der Waals surface area contributed by atoms with Crippen LogP contribution in [0.4, 0.5) is 0 Å². The van der Waals surface area contributed by atoms with Gasteiger partial charge in [-0.1, -0.05) is 6.92 Å². The molecule has 1 aliphatic carbocycles. The van der Waals surface area contributed by atoms with Crippen molar-refractivity contribution in [1.29, 1.82) is 0 Å². The number of ether oxygens (including phenoxy) is 1. The Morgan fingerprint density at radius 2 is 2.15 bits per heavy atom. The Morgan fingerprint density at radius 1 is 1.38 bits per heavy atom. The smallest absolute Gasteiger partial charge is 0.0469 e. The van der Waals surface area contributed by atoms with Crippen molar-refractivity contribution < 1.29 is 4.74 Å². The van der Waals surface area contributed by atoms with Crippen LogP contribution < -0.4 is 0 Å². The standard InChI is InChI=1S/C11H21ClO/c1-3-13-7-6-10-8-9(2)4-5-11(10)12/h9-11H,3-8H2,1-2H3. The molecule has 1 aliphatic rings. The molecule has 0 aromatic carbocycles. The van der Waals surface area contributed by atoms with Gasteiger partial charge in [-0.2, -0.15) is 0 Å². The first kappa shape index (κ1) is 11.3. The third-order valence-corrected chi connectivity index (χ3v) is 3.56. The predicted octanol–water partition coefficient (Wildman–Crippen LogP) is 3.46. The molecule has 1 fully saturated rings. The second-order valence-electron chi connectivity index (χ2n) is 4.18. The van der Waals surface area contributed by atoms with Crippen LogP contribution in [0, 0.1) is 11.8 Å². The molecule has 3 atom stereocenters. The molecule has 2 heteroatoms. The van der Waals surface area contributed by atoms with Crippen LogP contribution in [0.15, 0.2) is 0 Å². The fourth-order valence-corrected chi connectivity index (χ4v) is 2.49. The van der Waals surface area contributed by atoms with Crippen LogP contribution in [0.1, 0.15) is 39.5 Å². The number of rotatable bonds is 4. The first-order chi connectivity index (χ1) is 6.24. The van der Waals surface area contributed by atoms with Gasteiger partial charge in [0.1, 0.15) is 0 Å². The molecule has 0 heterocycles. The van der Waals surface area contributed by atoms with Gasteiger partial charge in [0.25, 0.3) is 0 Å². The van der Waals surface area contributed by atoms with E-state index in [0.717, 1.165) is 25.6 Å². The molecule has 0 radical (unpaired) electrons. The lowest BCUT2D eigenvalue weighted by Gasteiger charge is -2.31. The summed E-state index contributed by atoms with van der Waals surface area (Å²) in [7, 11) is 0. The Balaban J connectivity index is 2.21. The van der Waals surface area contributed by atoms with E-state index in [0.29, 0.717) is 11.3 Å². The maximum absolute atomic E-state index is 6.27. The largest absolute Gasteiger partial charge is 0.382 e. The van der Waals surface area contributed by atoms with Crippen LogP contribution in [-0.2, 0) is 4.74 Å². The number of halogens is 1. The summed E-state index contributed by atoms with van der Waals surface area (Å²) in [5, 5.41) is 0.400. The molecule has 0 saturated heterocycles. The second kappa shape index (κ2) is 5.87. The molecule has 0 bridgehead atoms. The highest BCUT2D eigenvalue weighted by Crippen LogP contribution is 2.34. The molecule has 3 unspecified atom stereocenters. The summed E-state index contributed by atoms with van der Waals surface area (Å²) in [4.78, 5) is 0. The number of hydrogen-bond acceptors (Lipinski definition) is 1. The van der Waals surface area contributed by atoms with Gasteiger partial charge in [-0.05, 0) is 44.4 Å². The van der Waals surface area contributed by atoms with Gasteiger partial charge in [0.15, 0.2) is 0 Å². The zero-order chi connectivity index (χ0) is 9.68. The maximum Gasteiger partial charge on any atom is 0.0469 e. The van der Waals surface area contributed by atoms with E-state index in [1.165, 1.54) is 19.3 Å². The minimum atomic E-state index is 0.400. The molecule has 0 aliphatic heterocycles. The minimum Gasteiger partial charge on any atom is -0.382 e. The molecular formula is C11H21ClO.